The number of pyridine rings is 4. The molecule has 0 aliphatic carbocycles. The first kappa shape index (κ1) is 51.5. The molecule has 4 heterocycles. The summed E-state index contributed by atoms with van der Waals surface area (Å²) in [5.41, 5.74) is 6.69. The van der Waals surface area contributed by atoms with Gasteiger partial charge in [0.1, 0.15) is 12.1 Å². The average molecular weight is 830 g/mol. The molecule has 0 saturated carbocycles. The Labute approximate surface area is 336 Å². The minimum atomic E-state index is -0.385. The number of esters is 2. The minimum Gasteiger partial charge on any atom is -1.00 e. The lowest BCUT2D eigenvalue weighted by molar-refractivity contribution is -0.154. The van der Waals surface area contributed by atoms with E-state index in [1.807, 2.05) is 13.8 Å². The number of nitrogens with zero attached hydrogens (tertiary/aromatic N) is 4. The summed E-state index contributed by atoms with van der Waals surface area (Å²) < 4.78 is 24.8. The second-order valence-electron chi connectivity index (χ2n) is 9.45. The van der Waals surface area contributed by atoms with Crippen molar-refractivity contribution in [3.63, 3.8) is 0 Å². The van der Waals surface area contributed by atoms with E-state index < -0.39 is 0 Å². The fourth-order valence-electron chi connectivity index (χ4n) is 3.56. The molecule has 4 rings (SSSR count). The van der Waals surface area contributed by atoms with Gasteiger partial charge in [-0.15, -0.1) is 0 Å². The number of ether oxygens (including phenoxy) is 5. The number of H-pyrrole nitrogens is 1. The Kier molecular flexibility index (Phi) is 28.4. The average Bonchev–Trinajstić information content (AvgIpc) is 3.09. The van der Waals surface area contributed by atoms with Crippen LogP contribution in [0.15, 0.2) is 64.8 Å². The van der Waals surface area contributed by atoms with E-state index in [2.05, 4.69) is 29.7 Å². The molecule has 4 aromatic rings. The second-order valence-corrected chi connectivity index (χ2v) is 10.5. The molecule has 4 aromatic heterocycles. The lowest BCUT2D eigenvalue weighted by Gasteiger charge is -2.07. The highest BCUT2D eigenvalue weighted by molar-refractivity contribution is 6.33. The molecule has 0 unspecified atom stereocenters. The Bertz CT molecular complexity index is 1780. The Morgan fingerprint density at radius 3 is 1.85 bits per heavy atom. The number of hydrogen-bond donors (Lipinski definition) is 3. The first-order valence-electron chi connectivity index (χ1n) is 15.9. The van der Waals surface area contributed by atoms with Gasteiger partial charge in [-0.05, 0) is 65.0 Å². The lowest BCUT2D eigenvalue weighted by Crippen LogP contribution is -3.00. The molecular formula is C34H43BCl4N7O8. The number of nitrogens with one attached hydrogen (secondary N) is 1. The lowest BCUT2D eigenvalue weighted by atomic mass is 10.2. The van der Waals surface area contributed by atoms with Gasteiger partial charge < -0.3 is 46.8 Å². The summed E-state index contributed by atoms with van der Waals surface area (Å²) in [5.74, 6) is 0.157. The van der Waals surface area contributed by atoms with Crippen LogP contribution in [0.1, 0.15) is 47.5 Å². The zero-order valence-corrected chi connectivity index (χ0v) is 33.5. The standard InChI is InChI=1S/C12H15ClN2O3.C10H9ClN2O2.C7H13NO3.C5H5ClN2.B.ClH/c1-3-17-10(8-11(16)18-4-2)15-9-6-5-7-14-12(9)13;1-2-15-8-5-7(14)6-3-4-12-10(11)9(6)13-8;1-3-10-6(8)5-7(9)11-4-2;6-5-4(7)2-1-3-8-5;;/h5-7H,3-4,8H2,1-2H3;3-5H,2H2,1H3,(H,13,14);8H,3-5H2,1-2H3;1-3H,7H2;;1H. The molecule has 0 aliphatic heterocycles. The van der Waals surface area contributed by atoms with Crippen LogP contribution >= 0.6 is 34.8 Å². The molecule has 0 bridgehead atoms. The molecule has 15 nitrogen and oxygen atoms in total. The van der Waals surface area contributed by atoms with Crippen molar-refractivity contribution in [1.29, 1.82) is 0 Å². The van der Waals surface area contributed by atoms with E-state index in [1.165, 1.54) is 12.3 Å². The fraction of sp³-hybridized carbons (Fsp3) is 0.353. The van der Waals surface area contributed by atoms with Crippen molar-refractivity contribution < 1.29 is 51.1 Å². The van der Waals surface area contributed by atoms with Gasteiger partial charge in [0.25, 0.3) is 0 Å². The van der Waals surface area contributed by atoms with Gasteiger partial charge in [-0.25, -0.2) is 25.4 Å². The number of aromatic nitrogens is 4. The van der Waals surface area contributed by atoms with Crippen LogP contribution < -0.4 is 33.7 Å². The summed E-state index contributed by atoms with van der Waals surface area (Å²) >= 11 is 17.2. The molecule has 0 aromatic carbocycles. The SMILES string of the molecule is CCOC(=O)CC(=Nc1cccnc1Cl)OCC.CCOC(=[NH2+])CC(=O)OCC.CCOc1cc(=O)c2ccnc(Cl)c2[nH]1.Nc1cccnc1Cl.[B].[Cl-]. The van der Waals surface area contributed by atoms with Crippen LogP contribution in [0.5, 0.6) is 5.88 Å². The van der Waals surface area contributed by atoms with Crippen LogP contribution in [0.4, 0.5) is 11.4 Å². The van der Waals surface area contributed by atoms with Crippen LogP contribution in [-0.4, -0.2) is 85.1 Å². The van der Waals surface area contributed by atoms with E-state index in [0.717, 1.165) is 0 Å². The van der Waals surface area contributed by atoms with Crippen molar-refractivity contribution in [3.05, 3.63) is 80.7 Å². The summed E-state index contributed by atoms with van der Waals surface area (Å²) in [7, 11) is 0. The Balaban J connectivity index is 0. The summed E-state index contributed by atoms with van der Waals surface area (Å²) in [4.78, 5) is 52.3. The third-order valence-corrected chi connectivity index (χ3v) is 6.51. The van der Waals surface area contributed by atoms with Crippen LogP contribution in [0.25, 0.3) is 10.9 Å². The van der Waals surface area contributed by atoms with Gasteiger partial charge >= 0.3 is 17.8 Å². The third-order valence-electron chi connectivity index (χ3n) is 5.62. The number of halogens is 4. The highest BCUT2D eigenvalue weighted by Crippen LogP contribution is 2.22. The van der Waals surface area contributed by atoms with Crippen LogP contribution in [0.3, 0.4) is 0 Å². The quantitative estimate of drug-likeness (QED) is 0.0649. The number of aliphatic imine (C=N–C) groups is 1. The maximum atomic E-state index is 11.6. The van der Waals surface area contributed by atoms with Gasteiger partial charge in [0.15, 0.2) is 39.1 Å². The number of nitrogens with two attached hydrogens (primary N) is 2. The van der Waals surface area contributed by atoms with Crippen molar-refractivity contribution in [2.45, 2.75) is 47.5 Å². The highest BCUT2D eigenvalue weighted by atomic mass is 35.5. The predicted molar refractivity (Wildman–Crippen MR) is 207 cm³/mol. The fourth-order valence-corrected chi connectivity index (χ4v) is 4.05. The zero-order valence-electron chi connectivity index (χ0n) is 30.4. The van der Waals surface area contributed by atoms with Gasteiger partial charge in [-0.3, -0.25) is 14.4 Å². The Hall–Kier alpha value is -4.64. The summed E-state index contributed by atoms with van der Waals surface area (Å²) in [6, 6.07) is 9.87. The molecule has 293 valence electrons. The van der Waals surface area contributed by atoms with Crippen molar-refractivity contribution >= 4 is 89.2 Å². The molecule has 54 heavy (non-hydrogen) atoms. The van der Waals surface area contributed by atoms with E-state index in [4.69, 9.17) is 64.9 Å². The molecule has 5 N–H and O–H groups in total. The van der Waals surface area contributed by atoms with Crippen LogP contribution in [-0.2, 0) is 28.5 Å². The van der Waals surface area contributed by atoms with Gasteiger partial charge in [0.05, 0.1) is 49.6 Å². The number of carbonyl (C=O) groups is 2. The van der Waals surface area contributed by atoms with Gasteiger partial charge in [-0.1, -0.05) is 34.8 Å². The largest absolute Gasteiger partial charge is 1.00 e. The molecule has 0 spiro atoms. The molecule has 0 amide bonds. The molecule has 3 radical (unpaired) electrons. The normalized spacial score (nSPS) is 9.81. The molecule has 0 atom stereocenters. The number of hydrogen-bond acceptors (Lipinski definition) is 13. The molecule has 0 aliphatic rings. The highest BCUT2D eigenvalue weighted by Gasteiger charge is 2.12. The van der Waals surface area contributed by atoms with Crippen molar-refractivity contribution in [3.8, 4) is 5.88 Å². The molecule has 0 saturated heterocycles. The zero-order chi connectivity index (χ0) is 38.9. The summed E-state index contributed by atoms with van der Waals surface area (Å²) in [6.07, 6.45) is 4.68. The number of anilines is 1. The summed E-state index contributed by atoms with van der Waals surface area (Å²) in [6.45, 7) is 11.0. The number of fused-ring (bicyclic) bond motifs is 1. The maximum Gasteiger partial charge on any atom is 0.344 e. The molecule has 20 heteroatoms. The Morgan fingerprint density at radius 1 is 0.778 bits per heavy atom. The smallest absolute Gasteiger partial charge is 0.344 e. The van der Waals surface area contributed by atoms with Crippen molar-refractivity contribution in [2.24, 2.45) is 4.99 Å². The van der Waals surface area contributed by atoms with Gasteiger partial charge in [-0.2, -0.15) is 0 Å². The van der Waals surface area contributed by atoms with Crippen LogP contribution in [0, 0.1) is 0 Å². The van der Waals surface area contributed by atoms with Crippen molar-refractivity contribution in [1.82, 2.24) is 19.9 Å². The first-order chi connectivity index (χ1) is 24.9. The van der Waals surface area contributed by atoms with E-state index in [1.54, 1.807) is 63.5 Å². The predicted octanol–water partition coefficient (Wildman–Crippen LogP) is 1.80. The molecular weight excluding hydrogens is 787 g/mol. The first-order valence-corrected chi connectivity index (χ1v) is 17.1. The van der Waals surface area contributed by atoms with Gasteiger partial charge in [0.2, 0.25) is 0 Å². The monoisotopic (exact) mass is 828 g/mol. The summed E-state index contributed by atoms with van der Waals surface area (Å²) in [5, 5.41) is 6.72. The minimum absolute atomic E-state index is 0. The van der Waals surface area contributed by atoms with E-state index in [-0.39, 0.29) is 73.1 Å². The number of carbonyl (C=O) groups excluding carboxylic acids is 2. The topological polar surface area (TPSA) is 216 Å². The number of aromatic amines is 1. The van der Waals surface area contributed by atoms with Crippen molar-refractivity contribution in [2.75, 3.05) is 38.8 Å². The molecule has 0 fully saturated rings. The maximum absolute atomic E-state index is 11.6. The van der Waals surface area contributed by atoms with Gasteiger partial charge in [0, 0.05) is 33.1 Å². The second kappa shape index (κ2) is 29.8. The Morgan fingerprint density at radius 2 is 1.33 bits per heavy atom. The van der Waals surface area contributed by atoms with E-state index >= 15 is 0 Å². The van der Waals surface area contributed by atoms with E-state index in [0.29, 0.717) is 66.3 Å². The van der Waals surface area contributed by atoms with Crippen LogP contribution in [0.2, 0.25) is 15.5 Å². The third kappa shape index (κ3) is 20.6. The number of nitrogen functional groups attached to an aromatic ring is 1. The number of rotatable bonds is 11. The van der Waals surface area contributed by atoms with E-state index in [9.17, 15) is 14.4 Å².